The summed E-state index contributed by atoms with van der Waals surface area (Å²) in [6, 6.07) is 44.5. The first-order valence-electron chi connectivity index (χ1n) is 35.8. The molecule has 101 heavy (non-hydrogen) atoms. The number of nitrogens with zero attached hydrogens (tertiary/aromatic N) is 6. The monoisotopic (exact) mass is 1420 g/mol. The van der Waals surface area contributed by atoms with Crippen LogP contribution in [0.2, 0.25) is 0 Å². The molecule has 2 aromatic heterocycles. The van der Waals surface area contributed by atoms with E-state index < -0.39 is 0 Å². The molecule has 5 aromatic carbocycles. The van der Waals surface area contributed by atoms with Gasteiger partial charge in [-0.3, -0.25) is 33.9 Å². The third-order valence-corrected chi connectivity index (χ3v) is 17.1. The quantitative estimate of drug-likeness (QED) is 0.0933. The maximum atomic E-state index is 10.7. The second-order valence-electron chi connectivity index (χ2n) is 26.0. The highest BCUT2D eigenvalue weighted by Gasteiger charge is 2.14. The number of carbonyl (C=O) groups is 7. The first kappa shape index (κ1) is 93.5. The summed E-state index contributed by atoms with van der Waals surface area (Å²) in [4.78, 5) is 93.2. The van der Waals surface area contributed by atoms with Crippen molar-refractivity contribution in [1.29, 1.82) is 0 Å². The Hall–Kier alpha value is -7.51. The fourth-order valence-electron chi connectivity index (χ4n) is 9.06. The van der Waals surface area contributed by atoms with Crippen LogP contribution in [0.3, 0.4) is 0 Å². The van der Waals surface area contributed by atoms with Gasteiger partial charge in [0.05, 0.1) is 11.0 Å². The molecule has 17 heteroatoms. The number of hydrogen-bond donors (Lipinski definition) is 2. The van der Waals surface area contributed by atoms with E-state index in [0.29, 0.717) is 49.5 Å². The molecule has 0 aliphatic carbocycles. The number of piperazine rings is 1. The second-order valence-corrected chi connectivity index (χ2v) is 28.2. The average Bonchev–Trinajstić information content (AvgIpc) is 1.12. The number of likely N-dealkylation sites (tertiary alicyclic amines) is 2. The fraction of sp³-hybridized carbons (Fsp3) is 0.488. The van der Waals surface area contributed by atoms with Gasteiger partial charge in [-0.2, -0.15) is 0 Å². The molecule has 3 fully saturated rings. The van der Waals surface area contributed by atoms with Crippen molar-refractivity contribution in [3.63, 3.8) is 0 Å². The predicted octanol–water partition coefficient (Wildman–Crippen LogP) is 16.8. The highest BCUT2D eigenvalue weighted by atomic mass is 32.1. The number of hydrogen-bond acceptors (Lipinski definition) is 15. The number of amides is 2. The lowest BCUT2D eigenvalue weighted by molar-refractivity contribution is -0.124. The number of rotatable bonds is 16. The molecule has 2 amide bonds. The molecule has 556 valence electrons. The molecule has 0 atom stereocenters. The molecular formula is C84H126N8O7S2. The van der Waals surface area contributed by atoms with E-state index in [0.717, 1.165) is 58.7 Å². The highest BCUT2D eigenvalue weighted by Crippen LogP contribution is 2.19. The number of piperidine rings is 2. The fourth-order valence-corrected chi connectivity index (χ4v) is 9.88. The van der Waals surface area contributed by atoms with Crippen LogP contribution >= 0.6 is 22.7 Å². The van der Waals surface area contributed by atoms with Crippen molar-refractivity contribution in [2.45, 2.75) is 180 Å². The van der Waals surface area contributed by atoms with Crippen molar-refractivity contribution in [2.75, 3.05) is 93.1 Å². The Morgan fingerprint density at radius 1 is 0.337 bits per heavy atom. The van der Waals surface area contributed by atoms with Gasteiger partial charge in [0.15, 0.2) is 0 Å². The van der Waals surface area contributed by atoms with Gasteiger partial charge in [0.25, 0.3) is 0 Å². The van der Waals surface area contributed by atoms with Crippen molar-refractivity contribution in [3.8, 4) is 11.1 Å². The first-order chi connectivity index (χ1) is 48.1. The molecule has 0 bridgehead atoms. The summed E-state index contributed by atoms with van der Waals surface area (Å²) in [5.74, 6) is 0.882. The molecule has 3 aliphatic heterocycles. The van der Waals surface area contributed by atoms with Crippen molar-refractivity contribution in [2.24, 2.45) is 0 Å². The van der Waals surface area contributed by atoms with Crippen LogP contribution in [0.1, 0.15) is 167 Å². The number of nitrogens with one attached hydrogen (secondary N) is 2. The summed E-state index contributed by atoms with van der Waals surface area (Å²) in [6.45, 7) is 38.9. The van der Waals surface area contributed by atoms with Gasteiger partial charge >= 0.3 is 0 Å². The smallest absolute Gasteiger partial charge is 0.220 e. The minimum atomic E-state index is -0.0785. The van der Waals surface area contributed by atoms with Crippen LogP contribution in [0.25, 0.3) is 11.1 Å². The molecular weight excluding hydrogens is 1300 g/mol. The summed E-state index contributed by atoms with van der Waals surface area (Å²) < 4.78 is 0. The molecule has 3 aliphatic rings. The van der Waals surface area contributed by atoms with Gasteiger partial charge in [0.2, 0.25) is 11.8 Å². The Morgan fingerprint density at radius 2 is 0.594 bits per heavy atom. The number of ketones is 5. The Labute approximate surface area is 617 Å². The predicted molar refractivity (Wildman–Crippen MR) is 426 cm³/mol. The van der Waals surface area contributed by atoms with Gasteiger partial charge in [-0.1, -0.05) is 179 Å². The minimum absolute atomic E-state index is 0.0543. The van der Waals surface area contributed by atoms with Crippen LogP contribution in [0.5, 0.6) is 0 Å². The lowest BCUT2D eigenvalue weighted by atomic mass is 10.0. The van der Waals surface area contributed by atoms with E-state index >= 15 is 0 Å². The zero-order valence-corrected chi connectivity index (χ0v) is 66.4. The number of aromatic nitrogens is 2. The summed E-state index contributed by atoms with van der Waals surface area (Å²) in [7, 11) is 5.26. The second kappa shape index (κ2) is 60.1. The third-order valence-electron chi connectivity index (χ3n) is 15.7. The zero-order valence-electron chi connectivity index (χ0n) is 64.8. The molecule has 5 heterocycles. The maximum Gasteiger partial charge on any atom is 0.220 e. The van der Waals surface area contributed by atoms with E-state index in [4.69, 9.17) is 0 Å². The van der Waals surface area contributed by atoms with E-state index in [1.54, 1.807) is 57.5 Å². The van der Waals surface area contributed by atoms with Crippen LogP contribution in [-0.2, 0) is 33.6 Å². The van der Waals surface area contributed by atoms with Crippen molar-refractivity contribution in [1.82, 2.24) is 40.2 Å². The molecule has 10 rings (SSSR count). The van der Waals surface area contributed by atoms with Crippen molar-refractivity contribution >= 4 is 63.4 Å². The Kier molecular flexibility index (Phi) is 55.6. The number of aryl methyl sites for hydroxylation is 9. The van der Waals surface area contributed by atoms with Gasteiger partial charge in [0, 0.05) is 127 Å². The van der Waals surface area contributed by atoms with Crippen LogP contribution in [0.4, 0.5) is 0 Å². The van der Waals surface area contributed by atoms with E-state index in [2.05, 4.69) is 217 Å². The Morgan fingerprint density at radius 3 is 0.822 bits per heavy atom. The first-order valence-corrected chi connectivity index (χ1v) is 37.5. The number of likely N-dealkylation sites (N-methyl/N-ethyl adjacent to an activating group) is 1. The van der Waals surface area contributed by atoms with E-state index in [1.165, 1.54) is 138 Å². The number of benzene rings is 5. The van der Waals surface area contributed by atoms with Crippen LogP contribution in [0.15, 0.2) is 151 Å². The molecule has 15 nitrogen and oxygen atoms in total. The third kappa shape index (κ3) is 58.8. The molecule has 3 saturated heterocycles. The van der Waals surface area contributed by atoms with Gasteiger partial charge in [-0.15, -0.1) is 22.7 Å². The summed E-state index contributed by atoms with van der Waals surface area (Å²) in [5, 5.41) is 4.86. The van der Waals surface area contributed by atoms with E-state index in [1.807, 2.05) is 43.3 Å². The average molecular weight is 1420 g/mol. The molecule has 0 saturated carbocycles. The number of thiazole rings is 2. The van der Waals surface area contributed by atoms with E-state index in [9.17, 15) is 33.6 Å². The largest absolute Gasteiger partial charge is 0.359 e. The van der Waals surface area contributed by atoms with Gasteiger partial charge in [-0.05, 0) is 167 Å². The standard InChI is InChI=1S/C13H12.C9H18N2O.2C9H17NO.3C8H10.2C6H11NO2.2C4H5NS/c1-11-7-9-13(10-8-11)12-5-3-2-4-6-12;1-9(12)3-4-11-7-5-10(2)6-8-11;2*1-9(11)5-8-10-6-3-2-4-7-10;3*1-7-3-5-8(2)6-4-7;2*1-5(8)3-4-6(9)7-2;2*1-4-2-5-3-6-4/h2-10H,1H3;3-8H2,1-2H3;2*2-8H2,1H3;3*3-6H,1-2H3;2*3-4H2,1-2H3,(H,7,9);2*2-3H,1H3. The van der Waals surface area contributed by atoms with Crippen molar-refractivity contribution < 1.29 is 33.6 Å². The Bertz CT molecular complexity index is 2950. The lowest BCUT2D eigenvalue weighted by Gasteiger charge is -2.31. The van der Waals surface area contributed by atoms with Gasteiger partial charge in [-0.25, -0.2) is 0 Å². The van der Waals surface area contributed by atoms with Crippen LogP contribution < -0.4 is 10.6 Å². The molecule has 0 radical (unpaired) electrons. The lowest BCUT2D eigenvalue weighted by Crippen LogP contribution is -2.44. The van der Waals surface area contributed by atoms with Gasteiger partial charge < -0.3 is 39.8 Å². The zero-order chi connectivity index (χ0) is 75.6. The van der Waals surface area contributed by atoms with Crippen LogP contribution in [-0.4, -0.2) is 163 Å². The SMILES string of the molecule is CC(=O)CCN1CCCCC1.CC(=O)CCN1CCCCC1.CC(=O)CCN1CCN(C)CC1.CNC(=O)CCC(C)=O.CNC(=O)CCC(C)=O.Cc1ccc(-c2ccccc2)cc1.Cc1ccc(C)cc1.Cc1ccc(C)cc1.Cc1ccc(C)cc1.Cc1cncs1.Cc1cncs1. The number of carbonyl (C=O) groups excluding carboxylic acids is 7. The normalized spacial score (nSPS) is 13.0. The van der Waals surface area contributed by atoms with Gasteiger partial charge in [0.1, 0.15) is 28.9 Å². The van der Waals surface area contributed by atoms with Crippen molar-refractivity contribution in [3.05, 3.63) is 200 Å². The summed E-state index contributed by atoms with van der Waals surface area (Å²) in [6.07, 6.45) is 15.2. The topological polar surface area (TPSA) is 182 Å². The Balaban J connectivity index is 0.00000110. The molecule has 2 N–H and O–H groups in total. The summed E-state index contributed by atoms with van der Waals surface area (Å²) >= 11 is 3.33. The minimum Gasteiger partial charge on any atom is -0.359 e. The number of Topliss-reactive ketones (excluding diaryl/α,β-unsaturated/α-hetero) is 5. The molecule has 7 aromatic rings. The van der Waals surface area contributed by atoms with Crippen LogP contribution in [0, 0.1) is 62.3 Å². The highest BCUT2D eigenvalue weighted by molar-refractivity contribution is 7.09. The summed E-state index contributed by atoms with van der Waals surface area (Å²) in [5.41, 5.74) is 15.5. The molecule has 0 unspecified atom stereocenters. The van der Waals surface area contributed by atoms with E-state index in [-0.39, 0.29) is 23.4 Å². The maximum absolute atomic E-state index is 10.7. The molecule has 0 spiro atoms.